The number of methoxy groups -OCH3 is 2. The number of hydrogen-bond acceptors (Lipinski definition) is 6. The van der Waals surface area contributed by atoms with Crippen molar-refractivity contribution in [2.75, 3.05) is 46.9 Å². The summed E-state index contributed by atoms with van der Waals surface area (Å²) in [5, 5.41) is 0.615. The van der Waals surface area contributed by atoms with Gasteiger partial charge in [0.15, 0.2) is 0 Å². The Morgan fingerprint density at radius 1 is 0.892 bits per heavy atom. The van der Waals surface area contributed by atoms with Gasteiger partial charge in [0, 0.05) is 43.3 Å². The van der Waals surface area contributed by atoms with Crippen LogP contribution in [0.5, 0.6) is 5.75 Å². The number of amides is 1. The lowest BCUT2D eigenvalue weighted by atomic mass is 10.1. The van der Waals surface area contributed by atoms with Crippen LogP contribution in [0.25, 0.3) is 0 Å². The number of nitrogens with zero attached hydrogens (tertiary/aromatic N) is 2. The molecule has 1 saturated heterocycles. The van der Waals surface area contributed by atoms with Crippen LogP contribution in [0.4, 0.5) is 0 Å². The molecule has 194 valence electrons. The predicted molar refractivity (Wildman–Crippen MR) is 142 cm³/mol. The summed E-state index contributed by atoms with van der Waals surface area (Å²) in [4.78, 5) is 28.8. The third-order valence-corrected chi connectivity index (χ3v) is 6.72. The lowest BCUT2D eigenvalue weighted by molar-refractivity contribution is 0.00331. The van der Waals surface area contributed by atoms with Crippen molar-refractivity contribution in [2.24, 2.45) is 0 Å². The molecule has 1 aliphatic rings. The molecule has 1 fully saturated rings. The van der Waals surface area contributed by atoms with E-state index in [1.165, 1.54) is 7.11 Å². The number of ether oxygens (including phenoxy) is 3. The molecule has 7 nitrogen and oxygen atoms in total. The molecular weight excluding hydrogens is 492 g/mol. The quantitative estimate of drug-likeness (QED) is 0.374. The number of carbonyl (C=O) groups is 2. The molecule has 0 bridgehead atoms. The van der Waals surface area contributed by atoms with Gasteiger partial charge in [0.2, 0.25) is 0 Å². The van der Waals surface area contributed by atoms with Gasteiger partial charge in [-0.3, -0.25) is 9.69 Å². The predicted octanol–water partition coefficient (Wildman–Crippen LogP) is 4.85. The van der Waals surface area contributed by atoms with Crippen LogP contribution in [0, 0.1) is 0 Å². The summed E-state index contributed by atoms with van der Waals surface area (Å²) in [5.41, 5.74) is 3.12. The van der Waals surface area contributed by atoms with Crippen LogP contribution in [0.1, 0.15) is 37.9 Å². The van der Waals surface area contributed by atoms with E-state index in [2.05, 4.69) is 4.90 Å². The Labute approximate surface area is 222 Å². The number of benzene rings is 3. The summed E-state index contributed by atoms with van der Waals surface area (Å²) in [6, 6.07) is 22.1. The lowest BCUT2D eigenvalue weighted by Crippen LogP contribution is -2.49. The minimum atomic E-state index is -0.365. The summed E-state index contributed by atoms with van der Waals surface area (Å²) in [6.07, 6.45) is -0.200. The highest BCUT2D eigenvalue weighted by Gasteiger charge is 2.25. The van der Waals surface area contributed by atoms with Crippen molar-refractivity contribution >= 4 is 23.5 Å². The van der Waals surface area contributed by atoms with Crippen molar-refractivity contribution in [1.29, 1.82) is 0 Å². The van der Waals surface area contributed by atoms with Gasteiger partial charge >= 0.3 is 5.97 Å². The van der Waals surface area contributed by atoms with Crippen molar-refractivity contribution in [3.8, 4) is 5.75 Å². The molecule has 1 aliphatic heterocycles. The first-order valence-electron chi connectivity index (χ1n) is 12.2. The Kier molecular flexibility index (Phi) is 9.17. The molecule has 0 saturated carbocycles. The Morgan fingerprint density at radius 3 is 2.22 bits per heavy atom. The van der Waals surface area contributed by atoms with Crippen LogP contribution in [-0.2, 0) is 16.1 Å². The van der Waals surface area contributed by atoms with Crippen LogP contribution in [-0.4, -0.2) is 68.6 Å². The fraction of sp³-hybridized carbons (Fsp3) is 0.310. The summed E-state index contributed by atoms with van der Waals surface area (Å²) in [5.74, 6) is 0.426. The van der Waals surface area contributed by atoms with Gasteiger partial charge in [-0.25, -0.2) is 4.79 Å². The minimum Gasteiger partial charge on any atom is -0.497 e. The van der Waals surface area contributed by atoms with E-state index < -0.39 is 0 Å². The first-order valence-corrected chi connectivity index (χ1v) is 12.5. The summed E-state index contributed by atoms with van der Waals surface area (Å²) < 4.78 is 16.6. The second-order valence-corrected chi connectivity index (χ2v) is 9.30. The number of carbonyl (C=O) groups excluding carboxylic acids is 2. The summed E-state index contributed by atoms with van der Waals surface area (Å²) in [6.45, 7) is 3.84. The Hall–Kier alpha value is -3.39. The molecule has 3 aromatic carbocycles. The fourth-order valence-electron chi connectivity index (χ4n) is 4.29. The van der Waals surface area contributed by atoms with Crippen LogP contribution in [0.3, 0.4) is 0 Å². The van der Waals surface area contributed by atoms with Gasteiger partial charge < -0.3 is 19.1 Å². The van der Waals surface area contributed by atoms with Crippen LogP contribution in [0.15, 0.2) is 72.8 Å². The van der Waals surface area contributed by atoms with Crippen LogP contribution in [0.2, 0.25) is 5.02 Å². The van der Waals surface area contributed by atoms with E-state index in [4.69, 9.17) is 25.8 Å². The van der Waals surface area contributed by atoms with Crippen molar-refractivity contribution in [1.82, 2.24) is 9.80 Å². The molecule has 4 rings (SSSR count). The topological polar surface area (TPSA) is 68.3 Å². The Morgan fingerprint density at radius 2 is 1.57 bits per heavy atom. The van der Waals surface area contributed by atoms with Gasteiger partial charge in [-0.2, -0.15) is 0 Å². The van der Waals surface area contributed by atoms with Crippen molar-refractivity contribution in [2.45, 2.75) is 12.7 Å². The Bertz CT molecular complexity index is 1190. The highest BCUT2D eigenvalue weighted by atomic mass is 35.5. The largest absolute Gasteiger partial charge is 0.497 e. The molecule has 1 heterocycles. The fourth-order valence-corrected chi connectivity index (χ4v) is 4.42. The number of rotatable bonds is 9. The number of halogens is 1. The maximum Gasteiger partial charge on any atom is 0.337 e. The molecule has 3 aromatic rings. The molecule has 0 spiro atoms. The summed E-state index contributed by atoms with van der Waals surface area (Å²) >= 11 is 5.96. The smallest absolute Gasteiger partial charge is 0.337 e. The molecular formula is C29H31ClN2O5. The number of piperazine rings is 1. The zero-order valence-electron chi connectivity index (χ0n) is 21.1. The van der Waals surface area contributed by atoms with Gasteiger partial charge in [0.1, 0.15) is 5.75 Å². The lowest BCUT2D eigenvalue weighted by Gasteiger charge is -2.36. The van der Waals surface area contributed by atoms with Gasteiger partial charge in [-0.05, 0) is 59.7 Å². The zero-order valence-corrected chi connectivity index (χ0v) is 21.8. The monoisotopic (exact) mass is 522 g/mol. The van der Waals surface area contributed by atoms with Gasteiger partial charge in [-0.1, -0.05) is 35.9 Å². The first-order chi connectivity index (χ1) is 18.0. The second kappa shape index (κ2) is 12.7. The van der Waals surface area contributed by atoms with Crippen molar-refractivity contribution in [3.63, 3.8) is 0 Å². The highest BCUT2D eigenvalue weighted by molar-refractivity contribution is 6.30. The molecule has 0 N–H and O–H groups in total. The number of esters is 1. The molecule has 0 aromatic heterocycles. The molecule has 1 atom stereocenters. The van der Waals surface area contributed by atoms with E-state index in [0.717, 1.165) is 30.0 Å². The second-order valence-electron chi connectivity index (χ2n) is 8.86. The molecule has 8 heteroatoms. The van der Waals surface area contributed by atoms with Crippen molar-refractivity contribution < 1.29 is 23.8 Å². The van der Waals surface area contributed by atoms with E-state index in [1.807, 2.05) is 41.3 Å². The highest BCUT2D eigenvalue weighted by Crippen LogP contribution is 2.25. The third kappa shape index (κ3) is 7.10. The first kappa shape index (κ1) is 26.7. The van der Waals surface area contributed by atoms with E-state index in [-0.39, 0.29) is 18.0 Å². The molecule has 37 heavy (non-hydrogen) atoms. The number of hydrogen-bond donors (Lipinski definition) is 0. The van der Waals surface area contributed by atoms with Crippen LogP contribution >= 0.6 is 11.6 Å². The maximum absolute atomic E-state index is 12.9. The SMILES string of the molecule is COC(=O)c1ccc(CO[C@@H](CN2CCN(C(=O)c3ccc(Cl)cc3)CC2)c2cccc(OC)c2)cc1. The van der Waals surface area contributed by atoms with Gasteiger partial charge in [0.05, 0.1) is 32.5 Å². The van der Waals surface area contributed by atoms with E-state index in [1.54, 1.807) is 43.5 Å². The Balaban J connectivity index is 1.40. The third-order valence-electron chi connectivity index (χ3n) is 6.47. The normalized spacial score (nSPS) is 14.7. The summed E-state index contributed by atoms with van der Waals surface area (Å²) in [7, 11) is 3.01. The molecule has 0 radical (unpaired) electrons. The van der Waals surface area contributed by atoms with E-state index in [9.17, 15) is 9.59 Å². The van der Waals surface area contributed by atoms with E-state index >= 15 is 0 Å². The average molecular weight is 523 g/mol. The van der Waals surface area contributed by atoms with Crippen molar-refractivity contribution in [3.05, 3.63) is 100 Å². The van der Waals surface area contributed by atoms with Gasteiger partial charge in [0.25, 0.3) is 5.91 Å². The minimum absolute atomic E-state index is 0.0207. The molecule has 1 amide bonds. The standard InChI is InChI=1S/C29H31ClN2O5/c1-35-26-5-3-4-24(18-26)27(37-20-21-6-8-23(9-7-21)29(34)36-2)19-31-14-16-32(17-15-31)28(33)22-10-12-25(30)13-11-22/h3-13,18,27H,14-17,19-20H2,1-2H3/t27-/m0/s1. The molecule has 0 unspecified atom stereocenters. The zero-order chi connectivity index (χ0) is 26.2. The maximum atomic E-state index is 12.9. The van der Waals surface area contributed by atoms with Gasteiger partial charge in [-0.15, -0.1) is 0 Å². The van der Waals surface area contributed by atoms with Crippen LogP contribution < -0.4 is 4.74 Å². The average Bonchev–Trinajstić information content (AvgIpc) is 2.95. The molecule has 0 aliphatic carbocycles. The van der Waals surface area contributed by atoms with E-state index in [0.29, 0.717) is 42.4 Å².